The smallest absolute Gasteiger partial charge is 0.188 e. The van der Waals surface area contributed by atoms with Crippen LogP contribution in [0.3, 0.4) is 0 Å². The SMILES string of the molecule is CCn1ncc(OC)c1C(=O)C1CCCC1CN. The Hall–Kier alpha value is -1.36. The molecule has 2 atom stereocenters. The van der Waals surface area contributed by atoms with Gasteiger partial charge in [0.25, 0.3) is 0 Å². The molecule has 18 heavy (non-hydrogen) atoms. The summed E-state index contributed by atoms with van der Waals surface area (Å²) in [5.41, 5.74) is 6.35. The highest BCUT2D eigenvalue weighted by molar-refractivity contribution is 5.99. The van der Waals surface area contributed by atoms with E-state index in [1.165, 1.54) is 0 Å². The van der Waals surface area contributed by atoms with Gasteiger partial charge in [0.2, 0.25) is 0 Å². The van der Waals surface area contributed by atoms with Gasteiger partial charge in [-0.1, -0.05) is 6.42 Å². The van der Waals surface area contributed by atoms with Crippen LogP contribution in [0.4, 0.5) is 0 Å². The molecule has 0 spiro atoms. The molecule has 1 aromatic rings. The molecule has 2 unspecified atom stereocenters. The number of aromatic nitrogens is 2. The first-order chi connectivity index (χ1) is 8.72. The number of methoxy groups -OCH3 is 1. The van der Waals surface area contributed by atoms with Crippen LogP contribution in [0.25, 0.3) is 0 Å². The second-order valence-corrected chi connectivity index (χ2v) is 4.77. The van der Waals surface area contributed by atoms with Gasteiger partial charge in [0.15, 0.2) is 11.5 Å². The van der Waals surface area contributed by atoms with Crippen LogP contribution in [-0.4, -0.2) is 29.2 Å². The number of nitrogens with two attached hydrogens (primary N) is 1. The third kappa shape index (κ3) is 2.14. The Labute approximate surface area is 107 Å². The van der Waals surface area contributed by atoms with E-state index >= 15 is 0 Å². The van der Waals surface area contributed by atoms with Crippen LogP contribution < -0.4 is 10.5 Å². The number of carbonyl (C=O) groups excluding carboxylic acids is 1. The lowest BCUT2D eigenvalue weighted by atomic mass is 9.90. The summed E-state index contributed by atoms with van der Waals surface area (Å²) in [6.07, 6.45) is 4.68. The highest BCUT2D eigenvalue weighted by atomic mass is 16.5. The summed E-state index contributed by atoms with van der Waals surface area (Å²) in [7, 11) is 1.57. The van der Waals surface area contributed by atoms with Crippen LogP contribution in [0.1, 0.15) is 36.7 Å². The Morgan fingerprint density at radius 3 is 3.00 bits per heavy atom. The Morgan fingerprint density at radius 1 is 1.61 bits per heavy atom. The molecule has 0 saturated heterocycles. The summed E-state index contributed by atoms with van der Waals surface area (Å²) in [5.74, 6) is 1.05. The number of ether oxygens (including phenoxy) is 1. The second kappa shape index (κ2) is 5.52. The average molecular weight is 251 g/mol. The predicted molar refractivity (Wildman–Crippen MR) is 68.7 cm³/mol. The maximum absolute atomic E-state index is 12.6. The van der Waals surface area contributed by atoms with E-state index in [2.05, 4.69) is 5.10 Å². The molecule has 2 N–H and O–H groups in total. The summed E-state index contributed by atoms with van der Waals surface area (Å²) in [6, 6.07) is 0. The topological polar surface area (TPSA) is 70.1 Å². The van der Waals surface area contributed by atoms with Crippen LogP contribution in [0.5, 0.6) is 5.75 Å². The highest BCUT2D eigenvalue weighted by Crippen LogP contribution is 2.35. The molecule has 1 aromatic heterocycles. The molecule has 2 rings (SSSR count). The molecule has 5 nitrogen and oxygen atoms in total. The molecule has 1 aliphatic carbocycles. The summed E-state index contributed by atoms with van der Waals surface area (Å²) < 4.78 is 6.96. The van der Waals surface area contributed by atoms with Crippen molar-refractivity contribution in [3.63, 3.8) is 0 Å². The van der Waals surface area contributed by atoms with Crippen LogP contribution in [0, 0.1) is 11.8 Å². The van der Waals surface area contributed by atoms with Gasteiger partial charge in [-0.25, -0.2) is 0 Å². The Bertz CT molecular complexity index is 406. The molecule has 1 aliphatic rings. The van der Waals surface area contributed by atoms with E-state index in [9.17, 15) is 4.79 Å². The fourth-order valence-corrected chi connectivity index (χ4v) is 2.85. The summed E-state index contributed by atoms with van der Waals surface area (Å²) in [6.45, 7) is 3.22. The van der Waals surface area contributed by atoms with Gasteiger partial charge in [0.05, 0.1) is 13.3 Å². The first kappa shape index (κ1) is 13.1. The summed E-state index contributed by atoms with van der Waals surface area (Å²) in [5, 5.41) is 4.19. The Kier molecular flexibility index (Phi) is 4.01. The van der Waals surface area contributed by atoms with Crippen molar-refractivity contribution in [2.24, 2.45) is 17.6 Å². The molecular formula is C13H21N3O2. The molecule has 0 amide bonds. The molecule has 0 bridgehead atoms. The van der Waals surface area contributed by atoms with Crippen molar-refractivity contribution in [2.75, 3.05) is 13.7 Å². The largest absolute Gasteiger partial charge is 0.493 e. The zero-order valence-corrected chi connectivity index (χ0v) is 11.1. The van der Waals surface area contributed by atoms with Gasteiger partial charge in [-0.05, 0) is 32.2 Å². The van der Waals surface area contributed by atoms with Gasteiger partial charge in [0, 0.05) is 12.5 Å². The lowest BCUT2D eigenvalue weighted by Crippen LogP contribution is -2.27. The molecule has 100 valence electrons. The van der Waals surface area contributed by atoms with Crippen molar-refractivity contribution in [1.29, 1.82) is 0 Å². The van der Waals surface area contributed by atoms with E-state index in [4.69, 9.17) is 10.5 Å². The molecule has 0 radical (unpaired) electrons. The summed E-state index contributed by atoms with van der Waals surface area (Å²) >= 11 is 0. The highest BCUT2D eigenvalue weighted by Gasteiger charge is 2.35. The summed E-state index contributed by atoms with van der Waals surface area (Å²) in [4.78, 5) is 12.6. The first-order valence-corrected chi connectivity index (χ1v) is 6.57. The van der Waals surface area contributed by atoms with Crippen LogP contribution in [0.2, 0.25) is 0 Å². The van der Waals surface area contributed by atoms with Gasteiger partial charge in [-0.2, -0.15) is 5.10 Å². The van der Waals surface area contributed by atoms with Gasteiger partial charge >= 0.3 is 0 Å². The maximum atomic E-state index is 12.6. The van der Waals surface area contributed by atoms with Crippen LogP contribution >= 0.6 is 0 Å². The third-order valence-electron chi connectivity index (χ3n) is 3.86. The number of carbonyl (C=O) groups is 1. The quantitative estimate of drug-likeness (QED) is 0.804. The molecule has 0 aliphatic heterocycles. The van der Waals surface area contributed by atoms with E-state index in [0.717, 1.165) is 19.3 Å². The van der Waals surface area contributed by atoms with E-state index in [0.29, 0.717) is 30.5 Å². The van der Waals surface area contributed by atoms with Crippen molar-refractivity contribution in [3.8, 4) is 5.75 Å². The number of ketones is 1. The van der Waals surface area contributed by atoms with Crippen molar-refractivity contribution < 1.29 is 9.53 Å². The third-order valence-corrected chi connectivity index (χ3v) is 3.86. The standard InChI is InChI=1S/C13H21N3O2/c1-3-16-12(11(18-2)8-15-16)13(17)10-6-4-5-9(10)7-14/h8-10H,3-7,14H2,1-2H3. The zero-order chi connectivity index (χ0) is 13.1. The van der Waals surface area contributed by atoms with Gasteiger partial charge < -0.3 is 10.5 Å². The molecule has 1 heterocycles. The molecular weight excluding hydrogens is 230 g/mol. The van der Waals surface area contributed by atoms with E-state index in [1.807, 2.05) is 6.92 Å². The molecule has 5 heteroatoms. The number of Topliss-reactive ketones (excluding diaryl/α,β-unsaturated/α-hetero) is 1. The molecule has 1 fully saturated rings. The molecule has 0 aromatic carbocycles. The fraction of sp³-hybridized carbons (Fsp3) is 0.692. The lowest BCUT2D eigenvalue weighted by Gasteiger charge is -2.17. The Balaban J connectivity index is 2.30. The van der Waals surface area contributed by atoms with Crippen LogP contribution in [-0.2, 0) is 6.54 Å². The fourth-order valence-electron chi connectivity index (χ4n) is 2.85. The number of rotatable bonds is 5. The van der Waals surface area contributed by atoms with Crippen molar-refractivity contribution in [3.05, 3.63) is 11.9 Å². The normalized spacial score (nSPS) is 23.3. The first-order valence-electron chi connectivity index (χ1n) is 6.57. The zero-order valence-electron chi connectivity index (χ0n) is 11.1. The predicted octanol–water partition coefficient (Wildman–Crippen LogP) is 1.47. The van der Waals surface area contributed by atoms with Crippen molar-refractivity contribution in [2.45, 2.75) is 32.7 Å². The van der Waals surface area contributed by atoms with Crippen LogP contribution in [0.15, 0.2) is 6.20 Å². The van der Waals surface area contributed by atoms with E-state index in [1.54, 1.807) is 18.0 Å². The Morgan fingerprint density at radius 2 is 2.39 bits per heavy atom. The second-order valence-electron chi connectivity index (χ2n) is 4.77. The number of aryl methyl sites for hydroxylation is 1. The van der Waals surface area contributed by atoms with Gasteiger partial charge in [-0.15, -0.1) is 0 Å². The maximum Gasteiger partial charge on any atom is 0.188 e. The van der Waals surface area contributed by atoms with E-state index < -0.39 is 0 Å². The van der Waals surface area contributed by atoms with Gasteiger partial charge in [0.1, 0.15) is 5.69 Å². The minimum atomic E-state index is 0.0332. The average Bonchev–Trinajstić information content (AvgIpc) is 3.03. The monoisotopic (exact) mass is 251 g/mol. The molecule has 1 saturated carbocycles. The van der Waals surface area contributed by atoms with E-state index in [-0.39, 0.29) is 11.7 Å². The van der Waals surface area contributed by atoms with Crippen molar-refractivity contribution in [1.82, 2.24) is 9.78 Å². The minimum Gasteiger partial charge on any atom is -0.493 e. The number of hydrogen-bond acceptors (Lipinski definition) is 4. The van der Waals surface area contributed by atoms with Gasteiger partial charge in [-0.3, -0.25) is 9.48 Å². The number of nitrogens with zero attached hydrogens (tertiary/aromatic N) is 2. The lowest BCUT2D eigenvalue weighted by molar-refractivity contribution is 0.0879. The number of hydrogen-bond donors (Lipinski definition) is 1. The van der Waals surface area contributed by atoms with Crippen molar-refractivity contribution >= 4 is 5.78 Å². The minimum absolute atomic E-state index is 0.0332.